The molecule has 1 amide bonds. The van der Waals surface area contributed by atoms with E-state index < -0.39 is 17.9 Å². The zero-order chi connectivity index (χ0) is 16.4. The second kappa shape index (κ2) is 6.81. The minimum atomic E-state index is -1.31. The average molecular weight is 355 g/mol. The molecule has 22 heavy (non-hydrogen) atoms. The molecule has 1 aromatic carbocycles. The van der Waals surface area contributed by atoms with Crippen LogP contribution in [-0.2, 0) is 9.59 Å². The largest absolute Gasteiger partial charge is 0.548 e. The number of carbonyl (C=O) groups is 2. The van der Waals surface area contributed by atoms with Crippen LogP contribution in [0.1, 0.15) is 19.4 Å². The minimum absolute atomic E-state index is 0.223. The van der Waals surface area contributed by atoms with Crippen LogP contribution in [0.5, 0.6) is 0 Å². The summed E-state index contributed by atoms with van der Waals surface area (Å²) in [4.78, 5) is 25.3. The second-order valence-corrected chi connectivity index (χ2v) is 7.23. The van der Waals surface area contributed by atoms with E-state index in [4.69, 9.17) is 23.8 Å². The highest BCUT2D eigenvalue weighted by Gasteiger charge is 2.38. The monoisotopic (exact) mass is 354 g/mol. The summed E-state index contributed by atoms with van der Waals surface area (Å²) < 4.78 is 0.223. The maximum Gasteiger partial charge on any atom is 0.266 e. The topological polar surface area (TPSA) is 60.4 Å². The number of carbonyl (C=O) groups excluding carboxylic acids is 2. The lowest BCUT2D eigenvalue weighted by Gasteiger charge is -2.30. The predicted molar refractivity (Wildman–Crippen MR) is 90.1 cm³/mol. The van der Waals surface area contributed by atoms with Crippen molar-refractivity contribution in [3.8, 4) is 0 Å². The summed E-state index contributed by atoms with van der Waals surface area (Å²) in [5.41, 5.74) is 0.752. The van der Waals surface area contributed by atoms with Gasteiger partial charge in [0.2, 0.25) is 0 Å². The van der Waals surface area contributed by atoms with Crippen LogP contribution in [-0.4, -0.2) is 27.1 Å². The quantitative estimate of drug-likeness (QED) is 0.613. The van der Waals surface area contributed by atoms with Gasteiger partial charge < -0.3 is 9.90 Å². The number of amides is 1. The maximum atomic E-state index is 12.5. The molecule has 1 atom stereocenters. The lowest BCUT2D eigenvalue weighted by Crippen LogP contribution is -2.52. The number of hydrogen-bond acceptors (Lipinski definition) is 5. The van der Waals surface area contributed by atoms with E-state index in [1.165, 1.54) is 0 Å². The van der Waals surface area contributed by atoms with Crippen molar-refractivity contribution in [1.29, 1.82) is 0 Å². The van der Waals surface area contributed by atoms with Crippen molar-refractivity contribution in [3.63, 3.8) is 0 Å². The van der Waals surface area contributed by atoms with E-state index in [0.717, 1.165) is 22.2 Å². The van der Waals surface area contributed by atoms with Crippen molar-refractivity contribution in [2.24, 2.45) is 5.92 Å². The highest BCUT2D eigenvalue weighted by atomic mass is 35.5. The molecule has 0 aromatic heterocycles. The molecule has 7 heteroatoms. The van der Waals surface area contributed by atoms with Gasteiger partial charge in [-0.1, -0.05) is 61.6 Å². The molecule has 1 aromatic rings. The van der Waals surface area contributed by atoms with Crippen LogP contribution >= 0.6 is 35.6 Å². The van der Waals surface area contributed by atoms with E-state index in [9.17, 15) is 14.7 Å². The lowest BCUT2D eigenvalue weighted by molar-refractivity contribution is -0.311. The summed E-state index contributed by atoms with van der Waals surface area (Å²) in [5.74, 6) is -2.04. The van der Waals surface area contributed by atoms with Crippen LogP contribution in [0.4, 0.5) is 0 Å². The summed E-state index contributed by atoms with van der Waals surface area (Å²) in [6.45, 7) is 3.42. The number of carboxylic acids is 1. The van der Waals surface area contributed by atoms with Crippen molar-refractivity contribution in [2.45, 2.75) is 19.9 Å². The van der Waals surface area contributed by atoms with Crippen molar-refractivity contribution in [3.05, 3.63) is 39.8 Å². The Balaban J connectivity index is 2.34. The van der Waals surface area contributed by atoms with E-state index in [-0.39, 0.29) is 10.2 Å². The number of halogens is 1. The van der Waals surface area contributed by atoms with Crippen LogP contribution in [0.25, 0.3) is 6.08 Å². The molecule has 1 aliphatic rings. The number of hydrogen-bond donors (Lipinski definition) is 0. The van der Waals surface area contributed by atoms with Crippen molar-refractivity contribution >= 4 is 57.9 Å². The van der Waals surface area contributed by atoms with Gasteiger partial charge in [-0.25, -0.2) is 0 Å². The first-order valence-corrected chi connectivity index (χ1v) is 8.15. The van der Waals surface area contributed by atoms with Gasteiger partial charge in [0.15, 0.2) is 0 Å². The highest BCUT2D eigenvalue weighted by Crippen LogP contribution is 2.35. The molecule has 0 bridgehead atoms. The van der Waals surface area contributed by atoms with Gasteiger partial charge in [-0.2, -0.15) is 0 Å². The van der Waals surface area contributed by atoms with Gasteiger partial charge in [0.05, 0.1) is 16.9 Å². The summed E-state index contributed by atoms with van der Waals surface area (Å²) >= 11 is 12.2. The SMILES string of the molecule is CC(C)[C@@H](C(=O)[O-])N1C(=O)/C(=C/c2cccc(Cl)c2)SC1=S. The summed E-state index contributed by atoms with van der Waals surface area (Å²) in [6.07, 6.45) is 1.65. The number of thioether (sulfide) groups is 1. The molecular formula is C15H13ClNO3S2-. The molecule has 1 aliphatic heterocycles. The molecule has 0 N–H and O–H groups in total. The van der Waals surface area contributed by atoms with Gasteiger partial charge in [0.25, 0.3) is 5.91 Å². The summed E-state index contributed by atoms with van der Waals surface area (Å²) in [6, 6.07) is 5.95. The fraction of sp³-hybridized carbons (Fsp3) is 0.267. The Morgan fingerprint density at radius 3 is 2.68 bits per heavy atom. The minimum Gasteiger partial charge on any atom is -0.548 e. The number of rotatable bonds is 4. The van der Waals surface area contributed by atoms with Crippen molar-refractivity contribution in [1.82, 2.24) is 4.90 Å². The maximum absolute atomic E-state index is 12.5. The first kappa shape index (κ1) is 17.0. The lowest BCUT2D eigenvalue weighted by atomic mass is 10.0. The Labute approximate surface area is 143 Å². The van der Waals surface area contributed by atoms with Gasteiger partial charge in [-0.3, -0.25) is 9.69 Å². The van der Waals surface area contributed by atoms with E-state index in [1.54, 1.807) is 44.2 Å². The molecule has 2 rings (SSSR count). The molecule has 1 saturated heterocycles. The number of thiocarbonyl (C=S) groups is 1. The zero-order valence-electron chi connectivity index (χ0n) is 11.9. The molecule has 0 spiro atoms. The zero-order valence-corrected chi connectivity index (χ0v) is 14.3. The molecule has 116 valence electrons. The van der Waals surface area contributed by atoms with E-state index >= 15 is 0 Å². The summed E-state index contributed by atoms with van der Waals surface area (Å²) in [5, 5.41) is 11.9. The third-order valence-corrected chi connectivity index (χ3v) is 4.69. The standard InChI is InChI=1S/C15H14ClNO3S2/c1-8(2)12(14(19)20)17-13(18)11(22-15(17)21)7-9-4-3-5-10(16)6-9/h3-8,12H,1-2H3,(H,19,20)/p-1/b11-7-/t12-/m0/s1. The molecule has 0 saturated carbocycles. The van der Waals surface area contributed by atoms with Crippen molar-refractivity contribution in [2.75, 3.05) is 0 Å². The van der Waals surface area contributed by atoms with Crippen LogP contribution in [0.2, 0.25) is 5.02 Å². The van der Waals surface area contributed by atoms with Crippen LogP contribution < -0.4 is 5.11 Å². The fourth-order valence-corrected chi connectivity index (χ4v) is 3.67. The molecular weight excluding hydrogens is 342 g/mol. The van der Waals surface area contributed by atoms with Crippen LogP contribution in [0, 0.1) is 5.92 Å². The average Bonchev–Trinajstić information content (AvgIpc) is 2.66. The highest BCUT2D eigenvalue weighted by molar-refractivity contribution is 8.26. The van der Waals surface area contributed by atoms with E-state index in [1.807, 2.05) is 0 Å². The third-order valence-electron chi connectivity index (χ3n) is 3.12. The van der Waals surface area contributed by atoms with Gasteiger partial charge in [-0.15, -0.1) is 0 Å². The normalized spacial score (nSPS) is 18.4. The van der Waals surface area contributed by atoms with Gasteiger partial charge in [-0.05, 0) is 29.7 Å². The molecule has 1 fully saturated rings. The second-order valence-electron chi connectivity index (χ2n) is 5.11. The Kier molecular flexibility index (Phi) is 5.26. The molecule has 1 heterocycles. The van der Waals surface area contributed by atoms with Crippen LogP contribution in [0.3, 0.4) is 0 Å². The van der Waals surface area contributed by atoms with Crippen molar-refractivity contribution < 1.29 is 14.7 Å². The first-order chi connectivity index (χ1) is 10.3. The Bertz CT molecular complexity index is 673. The molecule has 0 aliphatic carbocycles. The molecule has 0 unspecified atom stereocenters. The Hall–Kier alpha value is -1.37. The number of benzene rings is 1. The smallest absolute Gasteiger partial charge is 0.266 e. The summed E-state index contributed by atoms with van der Waals surface area (Å²) in [7, 11) is 0. The van der Waals surface area contributed by atoms with E-state index in [2.05, 4.69) is 0 Å². The molecule has 0 radical (unpaired) electrons. The third kappa shape index (κ3) is 3.51. The number of nitrogens with zero attached hydrogens (tertiary/aromatic N) is 1. The first-order valence-electron chi connectivity index (χ1n) is 6.54. The predicted octanol–water partition coefficient (Wildman–Crippen LogP) is 2.32. The number of carboxylic acid groups (broad SMARTS) is 1. The van der Waals surface area contributed by atoms with Crippen LogP contribution in [0.15, 0.2) is 29.2 Å². The Morgan fingerprint density at radius 1 is 1.45 bits per heavy atom. The number of aliphatic carboxylic acids is 1. The van der Waals surface area contributed by atoms with Gasteiger partial charge in [0.1, 0.15) is 4.32 Å². The fourth-order valence-electron chi connectivity index (χ4n) is 2.14. The van der Waals surface area contributed by atoms with Gasteiger partial charge >= 0.3 is 0 Å². The Morgan fingerprint density at radius 2 is 2.14 bits per heavy atom. The van der Waals surface area contributed by atoms with Gasteiger partial charge in [0, 0.05) is 5.02 Å². The van der Waals surface area contributed by atoms with E-state index in [0.29, 0.717) is 9.93 Å². The molecule has 4 nitrogen and oxygen atoms in total.